The molecule has 3 N–H and O–H groups in total. The summed E-state index contributed by atoms with van der Waals surface area (Å²) < 4.78 is 0.819. The fourth-order valence-corrected chi connectivity index (χ4v) is 1.24. The van der Waals surface area contributed by atoms with Gasteiger partial charge in [0.15, 0.2) is 10.8 Å². The van der Waals surface area contributed by atoms with Gasteiger partial charge in [0.2, 0.25) is 5.95 Å². The Hall–Kier alpha value is -1.89. The van der Waals surface area contributed by atoms with E-state index < -0.39 is 6.09 Å². The molecule has 0 aliphatic rings. The molecule has 2 aromatic heterocycles. The number of hydrogen-bond donors (Lipinski definition) is 2. The summed E-state index contributed by atoms with van der Waals surface area (Å²) in [5.74, 6) is -0.0921. The minimum Gasteiger partial charge on any atom is -0.464 e. The van der Waals surface area contributed by atoms with Crippen molar-refractivity contribution in [2.24, 2.45) is 0 Å². The molecule has 2 rings (SSSR count). The van der Waals surface area contributed by atoms with Crippen molar-refractivity contribution in [3.63, 3.8) is 0 Å². The van der Waals surface area contributed by atoms with Crippen molar-refractivity contribution in [3.05, 3.63) is 11.5 Å². The fourth-order valence-electron chi connectivity index (χ4n) is 1.02. The van der Waals surface area contributed by atoms with Crippen LogP contribution in [0.3, 0.4) is 0 Å². The van der Waals surface area contributed by atoms with Gasteiger partial charge in [-0.05, 0) is 0 Å². The molecule has 14 heavy (non-hydrogen) atoms. The number of nitrogens with two attached hydrogens (primary N) is 1. The lowest BCUT2D eigenvalue weighted by atomic mass is 10.5. The highest BCUT2D eigenvalue weighted by Gasteiger charge is 2.13. The van der Waals surface area contributed by atoms with Gasteiger partial charge in [0.1, 0.15) is 11.8 Å². The average Bonchev–Trinajstić information content (AvgIpc) is 2.47. The highest BCUT2D eigenvalue weighted by Crippen LogP contribution is 2.18. The first-order valence-electron chi connectivity index (χ1n) is 3.49. The molecule has 2 heterocycles. The second kappa shape index (κ2) is 2.81. The molecule has 0 saturated heterocycles. The molecule has 0 amide bonds. The molecule has 0 unspecified atom stereocenters. The zero-order valence-corrected chi connectivity index (χ0v) is 7.43. The summed E-state index contributed by atoms with van der Waals surface area (Å²) >= 11 is 5.68. The number of anilines is 1. The van der Waals surface area contributed by atoms with Crippen LogP contribution in [-0.2, 0) is 0 Å². The van der Waals surface area contributed by atoms with Crippen LogP contribution in [0.4, 0.5) is 10.7 Å². The number of hydrogen-bond acceptors (Lipinski definition) is 5. The summed E-state index contributed by atoms with van der Waals surface area (Å²) in [6, 6.07) is 0. The Labute approximate surface area is 82.2 Å². The number of rotatable bonds is 0. The van der Waals surface area contributed by atoms with E-state index in [9.17, 15) is 4.79 Å². The number of halogens is 1. The van der Waals surface area contributed by atoms with Gasteiger partial charge in [-0.3, -0.25) is 0 Å². The standard InChI is InChI=1S/C6H4ClN5O2/c7-3-2-4(11-5(8)10-3)12(1-9-2)6(13)14/h1H,(H,13,14)(H2,8,10,11). The molecule has 0 saturated carbocycles. The van der Waals surface area contributed by atoms with E-state index in [2.05, 4.69) is 15.0 Å². The third kappa shape index (κ3) is 1.14. The fraction of sp³-hybridized carbons (Fsp3) is 0. The van der Waals surface area contributed by atoms with Crippen molar-refractivity contribution in [3.8, 4) is 0 Å². The summed E-state index contributed by atoms with van der Waals surface area (Å²) in [5, 5.41) is 8.77. The lowest BCUT2D eigenvalue weighted by Crippen LogP contribution is -2.08. The maximum Gasteiger partial charge on any atom is 0.418 e. The molecule has 8 heteroatoms. The highest BCUT2D eigenvalue weighted by atomic mass is 35.5. The maximum absolute atomic E-state index is 10.7. The quantitative estimate of drug-likeness (QED) is 0.620. The Kier molecular flexibility index (Phi) is 1.74. The predicted octanol–water partition coefficient (Wildman–Crippen LogP) is 0.588. The number of aromatic nitrogens is 4. The van der Waals surface area contributed by atoms with E-state index in [-0.39, 0.29) is 22.3 Å². The van der Waals surface area contributed by atoms with Crippen LogP contribution in [0.1, 0.15) is 0 Å². The van der Waals surface area contributed by atoms with Crippen LogP contribution in [0, 0.1) is 0 Å². The largest absolute Gasteiger partial charge is 0.464 e. The van der Waals surface area contributed by atoms with Crippen LogP contribution in [0.25, 0.3) is 11.2 Å². The van der Waals surface area contributed by atoms with Gasteiger partial charge in [0.05, 0.1) is 0 Å². The summed E-state index contributed by atoms with van der Waals surface area (Å²) in [7, 11) is 0. The minimum absolute atomic E-state index is 0.0347. The molecular weight excluding hydrogens is 210 g/mol. The third-order valence-electron chi connectivity index (χ3n) is 1.58. The highest BCUT2D eigenvalue weighted by molar-refractivity contribution is 6.33. The Morgan fingerprint density at radius 1 is 1.57 bits per heavy atom. The van der Waals surface area contributed by atoms with Crippen LogP contribution in [-0.4, -0.2) is 30.7 Å². The van der Waals surface area contributed by atoms with E-state index in [0.717, 1.165) is 10.9 Å². The summed E-state index contributed by atoms with van der Waals surface area (Å²) in [4.78, 5) is 21.8. The molecule has 0 aromatic carbocycles. The van der Waals surface area contributed by atoms with Crippen molar-refractivity contribution in [2.45, 2.75) is 0 Å². The van der Waals surface area contributed by atoms with Gasteiger partial charge in [-0.2, -0.15) is 9.97 Å². The van der Waals surface area contributed by atoms with Crippen molar-refractivity contribution in [1.82, 2.24) is 19.5 Å². The molecule has 0 bridgehead atoms. The zero-order chi connectivity index (χ0) is 10.3. The number of nitrogens with zero attached hydrogens (tertiary/aromatic N) is 4. The van der Waals surface area contributed by atoms with E-state index in [4.69, 9.17) is 22.4 Å². The number of nitrogen functional groups attached to an aromatic ring is 1. The Balaban J connectivity index is 2.85. The van der Waals surface area contributed by atoms with Gasteiger partial charge in [-0.1, -0.05) is 11.6 Å². The van der Waals surface area contributed by atoms with Gasteiger partial charge in [-0.15, -0.1) is 0 Å². The first-order chi connectivity index (χ1) is 6.59. The van der Waals surface area contributed by atoms with Crippen LogP contribution in [0.5, 0.6) is 0 Å². The van der Waals surface area contributed by atoms with E-state index in [0.29, 0.717) is 0 Å². The van der Waals surface area contributed by atoms with Gasteiger partial charge in [0, 0.05) is 0 Å². The smallest absolute Gasteiger partial charge is 0.418 e. The van der Waals surface area contributed by atoms with E-state index >= 15 is 0 Å². The molecule has 0 fully saturated rings. The Bertz CT molecular complexity index is 522. The van der Waals surface area contributed by atoms with Crippen molar-refractivity contribution < 1.29 is 9.90 Å². The van der Waals surface area contributed by atoms with E-state index in [1.807, 2.05) is 0 Å². The normalized spacial score (nSPS) is 10.6. The molecule has 0 atom stereocenters. The lowest BCUT2D eigenvalue weighted by Gasteiger charge is -1.96. The molecule has 0 spiro atoms. The van der Waals surface area contributed by atoms with Crippen molar-refractivity contribution in [1.29, 1.82) is 0 Å². The van der Waals surface area contributed by atoms with Crippen LogP contribution in [0.2, 0.25) is 5.15 Å². The summed E-state index contributed by atoms with van der Waals surface area (Å²) in [5.41, 5.74) is 5.60. The SMILES string of the molecule is Nc1nc(Cl)c2ncn(C(=O)O)c2n1. The minimum atomic E-state index is -1.21. The van der Waals surface area contributed by atoms with Crippen LogP contribution in [0.15, 0.2) is 6.33 Å². The molecule has 0 radical (unpaired) electrons. The molecule has 2 aromatic rings. The number of carbonyl (C=O) groups is 1. The molecule has 0 aliphatic carbocycles. The monoisotopic (exact) mass is 213 g/mol. The number of carboxylic acid groups (broad SMARTS) is 1. The van der Waals surface area contributed by atoms with Gasteiger partial charge >= 0.3 is 6.09 Å². The second-order valence-electron chi connectivity index (χ2n) is 2.44. The molecule has 0 aliphatic heterocycles. The maximum atomic E-state index is 10.7. The zero-order valence-electron chi connectivity index (χ0n) is 6.68. The molecule has 7 nitrogen and oxygen atoms in total. The van der Waals surface area contributed by atoms with Crippen molar-refractivity contribution >= 4 is 34.8 Å². The van der Waals surface area contributed by atoms with Gasteiger partial charge in [0.25, 0.3) is 0 Å². The van der Waals surface area contributed by atoms with Crippen LogP contribution < -0.4 is 5.73 Å². The Morgan fingerprint density at radius 2 is 2.29 bits per heavy atom. The van der Waals surface area contributed by atoms with E-state index in [1.165, 1.54) is 0 Å². The molecular formula is C6H4ClN5O2. The molecule has 72 valence electrons. The predicted molar refractivity (Wildman–Crippen MR) is 48.2 cm³/mol. The first-order valence-corrected chi connectivity index (χ1v) is 3.86. The summed E-state index contributed by atoms with van der Waals surface area (Å²) in [6.07, 6.45) is -0.117. The third-order valence-corrected chi connectivity index (χ3v) is 1.84. The summed E-state index contributed by atoms with van der Waals surface area (Å²) in [6.45, 7) is 0. The topological polar surface area (TPSA) is 107 Å². The van der Waals surface area contributed by atoms with E-state index in [1.54, 1.807) is 0 Å². The lowest BCUT2D eigenvalue weighted by molar-refractivity contribution is 0.197. The Morgan fingerprint density at radius 3 is 2.93 bits per heavy atom. The second-order valence-corrected chi connectivity index (χ2v) is 2.80. The van der Waals surface area contributed by atoms with Crippen molar-refractivity contribution in [2.75, 3.05) is 5.73 Å². The average molecular weight is 214 g/mol. The van der Waals surface area contributed by atoms with Crippen LogP contribution >= 0.6 is 11.6 Å². The number of imidazole rings is 1. The number of fused-ring (bicyclic) bond motifs is 1. The first kappa shape index (κ1) is 8.70. The van der Waals surface area contributed by atoms with Gasteiger partial charge in [-0.25, -0.2) is 14.3 Å². The van der Waals surface area contributed by atoms with Gasteiger partial charge < -0.3 is 10.8 Å².